The van der Waals surface area contributed by atoms with Crippen LogP contribution in [0.4, 0.5) is 4.39 Å². The quantitative estimate of drug-likeness (QED) is 0.838. The maximum Gasteiger partial charge on any atom is 0.236 e. The van der Waals surface area contributed by atoms with Gasteiger partial charge in [0.05, 0.1) is 6.54 Å². The van der Waals surface area contributed by atoms with E-state index in [1.165, 1.54) is 12.1 Å². The SMILES string of the molecule is CN(CC(=O)N1CCNCC1)Cc1ccc(O)c(F)c1. The second-order valence-corrected chi connectivity index (χ2v) is 5.09. The summed E-state index contributed by atoms with van der Waals surface area (Å²) >= 11 is 0. The van der Waals surface area contributed by atoms with Crippen LogP contribution in [0.5, 0.6) is 5.75 Å². The molecule has 1 aliphatic heterocycles. The van der Waals surface area contributed by atoms with E-state index in [9.17, 15) is 9.18 Å². The predicted octanol–water partition coefficient (Wildman–Crippen LogP) is 0.395. The number of carbonyl (C=O) groups is 1. The summed E-state index contributed by atoms with van der Waals surface area (Å²) in [5.74, 6) is -0.897. The number of aromatic hydroxyl groups is 1. The molecule has 1 heterocycles. The molecule has 1 saturated heterocycles. The number of carbonyl (C=O) groups excluding carboxylic acids is 1. The lowest BCUT2D eigenvalue weighted by Crippen LogP contribution is -2.49. The Labute approximate surface area is 118 Å². The van der Waals surface area contributed by atoms with Crippen LogP contribution in [0.3, 0.4) is 0 Å². The van der Waals surface area contributed by atoms with Gasteiger partial charge >= 0.3 is 0 Å². The van der Waals surface area contributed by atoms with E-state index >= 15 is 0 Å². The number of piperazine rings is 1. The first-order valence-electron chi connectivity index (χ1n) is 6.70. The van der Waals surface area contributed by atoms with E-state index in [0.717, 1.165) is 31.7 Å². The second-order valence-electron chi connectivity index (χ2n) is 5.09. The van der Waals surface area contributed by atoms with E-state index in [0.29, 0.717) is 13.1 Å². The molecule has 2 rings (SSSR count). The van der Waals surface area contributed by atoms with Gasteiger partial charge in [0.1, 0.15) is 0 Å². The summed E-state index contributed by atoms with van der Waals surface area (Å²) in [6.07, 6.45) is 0. The van der Waals surface area contributed by atoms with E-state index in [4.69, 9.17) is 5.11 Å². The first-order valence-corrected chi connectivity index (χ1v) is 6.70. The molecule has 0 spiro atoms. The number of benzene rings is 1. The van der Waals surface area contributed by atoms with Crippen molar-refractivity contribution in [2.45, 2.75) is 6.54 Å². The van der Waals surface area contributed by atoms with Crippen molar-refractivity contribution in [3.63, 3.8) is 0 Å². The summed E-state index contributed by atoms with van der Waals surface area (Å²) in [5, 5.41) is 12.3. The molecule has 0 atom stereocenters. The number of nitrogens with one attached hydrogen (secondary N) is 1. The lowest BCUT2D eigenvalue weighted by atomic mass is 10.2. The summed E-state index contributed by atoms with van der Waals surface area (Å²) in [4.78, 5) is 15.7. The Hall–Kier alpha value is -1.66. The van der Waals surface area contributed by atoms with E-state index in [2.05, 4.69) is 5.32 Å². The molecule has 0 aliphatic carbocycles. The van der Waals surface area contributed by atoms with Gasteiger partial charge in [-0.05, 0) is 24.7 Å². The van der Waals surface area contributed by atoms with Gasteiger partial charge < -0.3 is 15.3 Å². The Kier molecular flexibility index (Phi) is 4.92. The molecule has 20 heavy (non-hydrogen) atoms. The van der Waals surface area contributed by atoms with E-state index in [1.54, 1.807) is 6.07 Å². The normalized spacial score (nSPS) is 15.7. The van der Waals surface area contributed by atoms with Crippen molar-refractivity contribution in [3.8, 4) is 5.75 Å². The molecule has 1 aromatic carbocycles. The molecule has 2 N–H and O–H groups in total. The highest BCUT2D eigenvalue weighted by Crippen LogP contribution is 2.17. The molecule has 1 aliphatic rings. The van der Waals surface area contributed by atoms with Crippen LogP contribution >= 0.6 is 0 Å². The standard InChI is InChI=1S/C14H20FN3O2/c1-17(9-11-2-3-13(19)12(15)8-11)10-14(20)18-6-4-16-5-7-18/h2-3,8,16,19H,4-7,9-10H2,1H3. The number of phenols is 1. The van der Waals surface area contributed by atoms with Crippen molar-refractivity contribution in [3.05, 3.63) is 29.6 Å². The summed E-state index contributed by atoms with van der Waals surface area (Å²) in [6.45, 7) is 3.91. The smallest absolute Gasteiger partial charge is 0.236 e. The molecule has 5 nitrogen and oxygen atoms in total. The molecule has 6 heteroatoms. The van der Waals surface area contributed by atoms with Crippen molar-refractivity contribution in [2.24, 2.45) is 0 Å². The number of rotatable bonds is 4. The zero-order valence-corrected chi connectivity index (χ0v) is 11.6. The topological polar surface area (TPSA) is 55.8 Å². The van der Waals surface area contributed by atoms with Gasteiger partial charge in [-0.25, -0.2) is 4.39 Å². The minimum Gasteiger partial charge on any atom is -0.505 e. The molecule has 0 radical (unpaired) electrons. The maximum absolute atomic E-state index is 13.2. The Bertz CT molecular complexity index is 475. The van der Waals surface area contributed by atoms with Crippen molar-refractivity contribution in [1.82, 2.24) is 15.1 Å². The highest BCUT2D eigenvalue weighted by molar-refractivity contribution is 5.78. The van der Waals surface area contributed by atoms with Gasteiger partial charge in [0, 0.05) is 32.7 Å². The number of hydrogen-bond donors (Lipinski definition) is 2. The average molecular weight is 281 g/mol. The predicted molar refractivity (Wildman–Crippen MR) is 73.8 cm³/mol. The van der Waals surface area contributed by atoms with Gasteiger partial charge in [-0.2, -0.15) is 0 Å². The molecule has 0 saturated carbocycles. The van der Waals surface area contributed by atoms with Crippen molar-refractivity contribution in [1.29, 1.82) is 0 Å². The van der Waals surface area contributed by atoms with E-state index < -0.39 is 5.82 Å². The van der Waals surface area contributed by atoms with Gasteiger partial charge in [-0.1, -0.05) is 6.07 Å². The molecule has 0 unspecified atom stereocenters. The largest absolute Gasteiger partial charge is 0.505 e. The number of likely N-dealkylation sites (N-methyl/N-ethyl adjacent to an activating group) is 1. The van der Waals surface area contributed by atoms with Crippen LogP contribution in [0, 0.1) is 5.82 Å². The van der Waals surface area contributed by atoms with Crippen LogP contribution in [0.2, 0.25) is 0 Å². The van der Waals surface area contributed by atoms with Crippen LogP contribution in [0.25, 0.3) is 0 Å². The number of halogens is 1. The number of amides is 1. The molecule has 1 aromatic rings. The summed E-state index contributed by atoms with van der Waals surface area (Å²) < 4.78 is 13.2. The highest BCUT2D eigenvalue weighted by Gasteiger charge is 2.17. The van der Waals surface area contributed by atoms with Crippen molar-refractivity contribution in [2.75, 3.05) is 39.8 Å². The van der Waals surface area contributed by atoms with Gasteiger partial charge in [0.25, 0.3) is 0 Å². The Morgan fingerprint density at radius 3 is 2.80 bits per heavy atom. The van der Waals surface area contributed by atoms with Crippen LogP contribution < -0.4 is 5.32 Å². The zero-order valence-electron chi connectivity index (χ0n) is 11.6. The molecule has 0 bridgehead atoms. The Morgan fingerprint density at radius 2 is 2.15 bits per heavy atom. The zero-order chi connectivity index (χ0) is 14.5. The van der Waals surface area contributed by atoms with Gasteiger partial charge in [-0.3, -0.25) is 9.69 Å². The lowest BCUT2D eigenvalue weighted by Gasteiger charge is -2.29. The first kappa shape index (κ1) is 14.7. The minimum atomic E-state index is -0.635. The first-order chi connectivity index (χ1) is 9.56. The van der Waals surface area contributed by atoms with Gasteiger partial charge in [-0.15, -0.1) is 0 Å². The second kappa shape index (κ2) is 6.67. The molecule has 1 amide bonds. The molecule has 1 fully saturated rings. The lowest BCUT2D eigenvalue weighted by molar-refractivity contribution is -0.132. The summed E-state index contributed by atoms with van der Waals surface area (Å²) in [6, 6.07) is 4.28. The molecular weight excluding hydrogens is 261 g/mol. The number of hydrogen-bond acceptors (Lipinski definition) is 4. The van der Waals surface area contributed by atoms with Crippen LogP contribution in [0.1, 0.15) is 5.56 Å². The number of nitrogens with zero attached hydrogens (tertiary/aromatic N) is 2. The summed E-state index contributed by atoms with van der Waals surface area (Å²) in [7, 11) is 1.82. The Balaban J connectivity index is 1.86. The Morgan fingerprint density at radius 1 is 1.45 bits per heavy atom. The fraction of sp³-hybridized carbons (Fsp3) is 0.500. The number of phenolic OH excluding ortho intramolecular Hbond substituents is 1. The van der Waals surface area contributed by atoms with Gasteiger partial charge in [0.2, 0.25) is 5.91 Å². The third-order valence-corrected chi connectivity index (χ3v) is 3.34. The van der Waals surface area contributed by atoms with E-state index in [1.807, 2.05) is 16.8 Å². The third kappa shape index (κ3) is 3.91. The molecular formula is C14H20FN3O2. The molecule has 0 aromatic heterocycles. The minimum absolute atomic E-state index is 0.0910. The van der Waals surface area contributed by atoms with Crippen LogP contribution in [-0.2, 0) is 11.3 Å². The third-order valence-electron chi connectivity index (χ3n) is 3.34. The fourth-order valence-electron chi connectivity index (χ4n) is 2.26. The van der Waals surface area contributed by atoms with Crippen molar-refractivity contribution >= 4 is 5.91 Å². The maximum atomic E-state index is 13.2. The van der Waals surface area contributed by atoms with Crippen LogP contribution in [0.15, 0.2) is 18.2 Å². The highest BCUT2D eigenvalue weighted by atomic mass is 19.1. The van der Waals surface area contributed by atoms with Gasteiger partial charge in [0.15, 0.2) is 11.6 Å². The average Bonchev–Trinajstić information content (AvgIpc) is 2.44. The monoisotopic (exact) mass is 281 g/mol. The van der Waals surface area contributed by atoms with Crippen LogP contribution in [-0.4, -0.2) is 60.6 Å². The van der Waals surface area contributed by atoms with E-state index in [-0.39, 0.29) is 11.7 Å². The summed E-state index contributed by atoms with van der Waals surface area (Å²) in [5.41, 5.74) is 0.732. The van der Waals surface area contributed by atoms with Crippen molar-refractivity contribution < 1.29 is 14.3 Å². The fourth-order valence-corrected chi connectivity index (χ4v) is 2.26. The molecule has 110 valence electrons.